The molecule has 0 bridgehead atoms. The van der Waals surface area contributed by atoms with E-state index in [-0.39, 0.29) is 17.0 Å². The summed E-state index contributed by atoms with van der Waals surface area (Å²) in [6.07, 6.45) is 0.587. The Balaban J connectivity index is 0.00000102. The number of azo groups is 1. The summed E-state index contributed by atoms with van der Waals surface area (Å²) in [6.45, 7) is 0.362. The van der Waals surface area contributed by atoms with E-state index in [1.807, 2.05) is 24.3 Å². The summed E-state index contributed by atoms with van der Waals surface area (Å²) in [7, 11) is 0.0396. The zero-order valence-electron chi connectivity index (χ0n) is 14.5. The average molecular weight is 364 g/mol. The number of aliphatic hydroxyl groups is 1. The van der Waals surface area contributed by atoms with Crippen LogP contribution in [0.4, 0.5) is 11.4 Å². The third-order valence-corrected chi connectivity index (χ3v) is 4.21. The van der Waals surface area contributed by atoms with Crippen molar-refractivity contribution in [2.24, 2.45) is 10.2 Å². The van der Waals surface area contributed by atoms with Crippen molar-refractivity contribution in [1.82, 2.24) is 0 Å². The van der Waals surface area contributed by atoms with Crippen molar-refractivity contribution in [2.75, 3.05) is 7.11 Å². The number of phenols is 1. The van der Waals surface area contributed by atoms with Crippen LogP contribution in [-0.2, 0) is 11.3 Å². The highest BCUT2D eigenvalue weighted by molar-refractivity contribution is 6.61. The molecule has 1 heterocycles. The van der Waals surface area contributed by atoms with Crippen LogP contribution in [0.15, 0.2) is 58.8 Å². The summed E-state index contributed by atoms with van der Waals surface area (Å²) in [5.41, 5.74) is 2.47. The number of hydrogen-bond acceptors (Lipinski definition) is 7. The van der Waals surface area contributed by atoms with E-state index >= 15 is 0 Å². The van der Waals surface area contributed by atoms with Crippen molar-refractivity contribution < 1.29 is 24.7 Å². The maximum Gasteiger partial charge on any atom is 0.491 e. The number of carbonyl (C=O) groups is 1. The molecule has 136 valence electrons. The second kappa shape index (κ2) is 8.09. The van der Waals surface area contributed by atoms with Crippen molar-refractivity contribution in [3.05, 3.63) is 59.7 Å². The van der Waals surface area contributed by atoms with Gasteiger partial charge in [0.15, 0.2) is 12.0 Å². The number of aromatic hydroxyl groups is 1. The fraction of sp³-hybridized carbons (Fsp3) is 0.105. The highest BCUT2D eigenvalue weighted by Gasteiger charge is 2.27. The highest BCUT2D eigenvalue weighted by Crippen LogP contribution is 2.38. The Morgan fingerprint density at radius 2 is 1.89 bits per heavy atom. The van der Waals surface area contributed by atoms with E-state index in [1.165, 1.54) is 0 Å². The molecule has 0 radical (unpaired) electrons. The van der Waals surface area contributed by atoms with Gasteiger partial charge in [-0.05, 0) is 34.6 Å². The number of aliphatic hydroxyl groups excluding tert-OH is 1. The highest BCUT2D eigenvalue weighted by atomic mass is 16.5. The van der Waals surface area contributed by atoms with Gasteiger partial charge in [0.2, 0.25) is 0 Å². The molecule has 3 N–H and O–H groups in total. The molecule has 0 saturated heterocycles. The van der Waals surface area contributed by atoms with E-state index < -0.39 is 7.12 Å². The van der Waals surface area contributed by atoms with Crippen LogP contribution in [0, 0.1) is 0 Å². The molecular weight excluding hydrogens is 347 g/mol. The number of phenolic OH excluding ortho intramolecular Hbond substituents is 1. The SMILES string of the molecule is CO.O=Cc1cc2ccccc2c(N=Nc2ccc3c(c2)B(O)OC3)c1O. The first-order valence-corrected chi connectivity index (χ1v) is 8.16. The van der Waals surface area contributed by atoms with E-state index in [9.17, 15) is 14.9 Å². The van der Waals surface area contributed by atoms with Crippen LogP contribution in [0.2, 0.25) is 0 Å². The molecule has 4 rings (SSSR count). The molecule has 1 aliphatic heterocycles. The van der Waals surface area contributed by atoms with Crippen LogP contribution in [0.25, 0.3) is 10.8 Å². The van der Waals surface area contributed by atoms with E-state index in [1.54, 1.807) is 24.3 Å². The zero-order valence-corrected chi connectivity index (χ0v) is 14.5. The van der Waals surface area contributed by atoms with Gasteiger partial charge in [0.25, 0.3) is 0 Å². The van der Waals surface area contributed by atoms with Gasteiger partial charge in [-0.3, -0.25) is 4.79 Å². The fourth-order valence-electron chi connectivity index (χ4n) is 2.90. The van der Waals surface area contributed by atoms with E-state index in [2.05, 4.69) is 10.2 Å². The largest absolute Gasteiger partial charge is 0.505 e. The standard InChI is InChI=1S/C18H13BN2O4.CH4O/c22-9-13-7-11-3-1-2-4-15(11)17(18(13)23)21-20-14-6-5-12-10-25-19(24)16(12)8-14;1-2/h1-9,23-24H,10H2;2H,1H3. The Kier molecular flexibility index (Phi) is 5.61. The molecular formula is C19H17BN2O5. The number of nitrogens with zero attached hydrogens (tertiary/aromatic N) is 2. The number of carbonyl (C=O) groups excluding carboxylic acids is 1. The minimum Gasteiger partial charge on any atom is -0.505 e. The summed E-state index contributed by atoms with van der Waals surface area (Å²) < 4.78 is 5.15. The van der Waals surface area contributed by atoms with Crippen molar-refractivity contribution in [1.29, 1.82) is 0 Å². The van der Waals surface area contributed by atoms with Crippen LogP contribution < -0.4 is 5.46 Å². The number of rotatable bonds is 3. The second-order valence-corrected chi connectivity index (χ2v) is 5.75. The lowest BCUT2D eigenvalue weighted by atomic mass is 9.79. The smallest absolute Gasteiger partial charge is 0.491 e. The average Bonchev–Trinajstić information content (AvgIpc) is 3.09. The van der Waals surface area contributed by atoms with Crippen LogP contribution in [0.5, 0.6) is 5.75 Å². The first-order valence-electron chi connectivity index (χ1n) is 8.16. The molecule has 0 saturated carbocycles. The minimum absolute atomic E-state index is 0.158. The van der Waals surface area contributed by atoms with E-state index in [0.29, 0.717) is 29.4 Å². The summed E-state index contributed by atoms with van der Waals surface area (Å²) >= 11 is 0. The van der Waals surface area contributed by atoms with Crippen LogP contribution in [-0.4, -0.2) is 35.8 Å². The predicted molar refractivity (Wildman–Crippen MR) is 102 cm³/mol. The monoisotopic (exact) mass is 364 g/mol. The number of aldehydes is 1. The van der Waals surface area contributed by atoms with Gasteiger partial charge in [0, 0.05) is 12.5 Å². The van der Waals surface area contributed by atoms with Crippen LogP contribution in [0.3, 0.4) is 0 Å². The molecule has 0 aliphatic carbocycles. The minimum atomic E-state index is -0.960. The Morgan fingerprint density at radius 1 is 1.11 bits per heavy atom. The lowest BCUT2D eigenvalue weighted by Crippen LogP contribution is -2.27. The normalized spacial score (nSPS) is 12.8. The summed E-state index contributed by atoms with van der Waals surface area (Å²) in [5.74, 6) is -0.207. The molecule has 0 unspecified atom stereocenters. The second-order valence-electron chi connectivity index (χ2n) is 5.75. The van der Waals surface area contributed by atoms with Gasteiger partial charge in [0.1, 0.15) is 5.69 Å². The fourth-order valence-corrected chi connectivity index (χ4v) is 2.90. The maximum atomic E-state index is 11.2. The molecule has 27 heavy (non-hydrogen) atoms. The van der Waals surface area contributed by atoms with E-state index in [0.717, 1.165) is 18.1 Å². The van der Waals surface area contributed by atoms with Gasteiger partial charge >= 0.3 is 7.12 Å². The Bertz CT molecular complexity index is 1020. The summed E-state index contributed by atoms with van der Waals surface area (Å²) in [5, 5.41) is 36.9. The molecule has 3 aromatic carbocycles. The predicted octanol–water partition coefficient (Wildman–Crippen LogP) is 2.60. The quantitative estimate of drug-likeness (QED) is 0.376. The topological polar surface area (TPSA) is 112 Å². The number of fused-ring (bicyclic) bond motifs is 2. The van der Waals surface area contributed by atoms with Crippen molar-refractivity contribution in [3.63, 3.8) is 0 Å². The Hall–Kier alpha value is -3.07. The molecule has 0 fully saturated rings. The van der Waals surface area contributed by atoms with E-state index in [4.69, 9.17) is 9.76 Å². The van der Waals surface area contributed by atoms with Gasteiger partial charge in [-0.25, -0.2) is 0 Å². The molecule has 8 heteroatoms. The summed E-state index contributed by atoms with van der Waals surface area (Å²) in [4.78, 5) is 11.2. The first kappa shape index (κ1) is 18.7. The van der Waals surface area contributed by atoms with Crippen LogP contribution >= 0.6 is 0 Å². The molecule has 3 aromatic rings. The third-order valence-electron chi connectivity index (χ3n) is 4.21. The molecule has 0 atom stereocenters. The lowest BCUT2D eigenvalue weighted by molar-refractivity contribution is 0.112. The Morgan fingerprint density at radius 3 is 2.67 bits per heavy atom. The molecule has 0 amide bonds. The first-order chi connectivity index (χ1) is 13.2. The van der Waals surface area contributed by atoms with Gasteiger partial charge in [0.05, 0.1) is 17.9 Å². The van der Waals surface area contributed by atoms with Crippen molar-refractivity contribution in [2.45, 2.75) is 6.61 Å². The zero-order chi connectivity index (χ0) is 19.4. The number of benzene rings is 3. The molecule has 1 aliphatic rings. The Labute approximate surface area is 155 Å². The number of hydrogen-bond donors (Lipinski definition) is 3. The molecule has 7 nitrogen and oxygen atoms in total. The lowest BCUT2D eigenvalue weighted by Gasteiger charge is -2.06. The van der Waals surface area contributed by atoms with Gasteiger partial charge in [-0.15, -0.1) is 5.11 Å². The van der Waals surface area contributed by atoms with Gasteiger partial charge < -0.3 is 19.9 Å². The van der Waals surface area contributed by atoms with Crippen molar-refractivity contribution >= 4 is 41.0 Å². The van der Waals surface area contributed by atoms with Crippen LogP contribution in [0.1, 0.15) is 15.9 Å². The molecule has 0 spiro atoms. The maximum absolute atomic E-state index is 11.2. The van der Waals surface area contributed by atoms with Crippen molar-refractivity contribution in [3.8, 4) is 5.75 Å². The van der Waals surface area contributed by atoms with Gasteiger partial charge in [-0.1, -0.05) is 30.3 Å². The summed E-state index contributed by atoms with van der Waals surface area (Å²) in [6, 6.07) is 14.2. The third kappa shape index (κ3) is 3.59. The van der Waals surface area contributed by atoms with Gasteiger partial charge in [-0.2, -0.15) is 5.11 Å². The molecule has 0 aromatic heterocycles.